The molecule has 1 saturated heterocycles. The number of hydrogen-bond donors (Lipinski definition) is 2. The number of H-pyrrole nitrogens is 1. The second-order valence-electron chi connectivity index (χ2n) is 9.07. The average Bonchev–Trinajstić information content (AvgIpc) is 3.22. The van der Waals surface area contributed by atoms with Gasteiger partial charge in [-0.1, -0.05) is 41.4 Å². The number of piperidine rings is 1. The molecule has 0 bridgehead atoms. The molecule has 1 aliphatic rings. The number of aromatic nitrogens is 1. The third-order valence-electron chi connectivity index (χ3n) is 6.43. The van der Waals surface area contributed by atoms with Crippen LogP contribution in [0.2, 0.25) is 10.0 Å². The quantitative estimate of drug-likeness (QED) is 0.404. The van der Waals surface area contributed by atoms with Gasteiger partial charge in [0, 0.05) is 33.6 Å². The molecule has 1 aromatic heterocycles. The topological polar surface area (TPSA) is 57.4 Å². The normalized spacial score (nSPS) is 16.4. The minimum absolute atomic E-state index is 0.207. The fourth-order valence-electron chi connectivity index (χ4n) is 4.42. The summed E-state index contributed by atoms with van der Waals surface area (Å²) in [5, 5.41) is 5.24. The van der Waals surface area contributed by atoms with Gasteiger partial charge in [-0.25, -0.2) is 0 Å². The molecule has 176 valence electrons. The van der Waals surface area contributed by atoms with E-state index in [1.807, 2.05) is 42.5 Å². The van der Waals surface area contributed by atoms with Crippen LogP contribution >= 0.6 is 23.2 Å². The number of hydrogen-bond acceptors (Lipinski definition) is 3. The van der Waals surface area contributed by atoms with Gasteiger partial charge < -0.3 is 19.9 Å². The maximum Gasteiger partial charge on any atom is 0.268 e. The van der Waals surface area contributed by atoms with Crippen LogP contribution in [0, 0.1) is 5.92 Å². The first kappa shape index (κ1) is 24.1. The van der Waals surface area contributed by atoms with E-state index in [9.17, 15) is 4.79 Å². The minimum Gasteiger partial charge on any atom is -0.379 e. The lowest BCUT2D eigenvalue weighted by Gasteiger charge is -2.34. The van der Waals surface area contributed by atoms with E-state index in [0.717, 1.165) is 42.4 Å². The second-order valence-corrected chi connectivity index (χ2v) is 9.92. The molecule has 7 heteroatoms. The minimum atomic E-state index is -0.350. The fourth-order valence-corrected chi connectivity index (χ4v) is 4.87. The average molecular weight is 488 g/mol. The van der Waals surface area contributed by atoms with Gasteiger partial charge in [0.2, 0.25) is 0 Å². The van der Waals surface area contributed by atoms with E-state index in [4.69, 9.17) is 27.9 Å². The summed E-state index contributed by atoms with van der Waals surface area (Å²) in [7, 11) is 0. The van der Waals surface area contributed by atoms with Crippen molar-refractivity contribution < 1.29 is 9.53 Å². The molecule has 1 unspecified atom stereocenters. The van der Waals surface area contributed by atoms with Crippen LogP contribution in [0.3, 0.4) is 0 Å². The molecule has 4 rings (SSSR count). The Morgan fingerprint density at radius 3 is 2.64 bits per heavy atom. The molecule has 1 amide bonds. The third kappa shape index (κ3) is 6.10. The van der Waals surface area contributed by atoms with Crippen molar-refractivity contribution in [3.8, 4) is 0 Å². The van der Waals surface area contributed by atoms with Gasteiger partial charge in [-0.05, 0) is 81.6 Å². The van der Waals surface area contributed by atoms with Crippen LogP contribution in [-0.2, 0) is 4.74 Å². The van der Waals surface area contributed by atoms with Gasteiger partial charge in [0.1, 0.15) is 5.69 Å². The number of nitrogens with zero attached hydrogens (tertiary/aromatic N) is 1. The number of fused-ring (bicyclic) bond motifs is 1. The molecule has 0 radical (unpaired) electrons. The Kier molecular flexibility index (Phi) is 7.97. The predicted octanol–water partition coefficient (Wildman–Crippen LogP) is 6.08. The third-order valence-corrected chi connectivity index (χ3v) is 7.01. The van der Waals surface area contributed by atoms with Crippen molar-refractivity contribution in [2.24, 2.45) is 5.92 Å². The van der Waals surface area contributed by atoms with Gasteiger partial charge in [-0.3, -0.25) is 4.79 Å². The van der Waals surface area contributed by atoms with Gasteiger partial charge in [-0.2, -0.15) is 0 Å². The number of amides is 1. The number of aromatic amines is 1. The molecule has 0 saturated carbocycles. The molecule has 2 aromatic carbocycles. The van der Waals surface area contributed by atoms with Crippen molar-refractivity contribution in [3.63, 3.8) is 0 Å². The standard InChI is InChI=1S/C26H31Cl2N3O2/c1-17(2)31-11-9-18(10-12-31)15-33-16-25(21-5-3-4-6-22(21)28)30-26(32)24-14-19-13-20(27)7-8-23(19)29-24/h3-8,13-14,17-18,25,29H,9-12,15-16H2,1-2H3,(H,30,32). The van der Waals surface area contributed by atoms with Gasteiger partial charge in [0.15, 0.2) is 0 Å². The zero-order valence-electron chi connectivity index (χ0n) is 19.1. The molecular weight excluding hydrogens is 457 g/mol. The highest BCUT2D eigenvalue weighted by Gasteiger charge is 2.23. The Labute approximate surface area is 205 Å². The lowest BCUT2D eigenvalue weighted by atomic mass is 9.97. The summed E-state index contributed by atoms with van der Waals surface area (Å²) in [5.41, 5.74) is 2.19. The molecule has 1 atom stereocenters. The molecule has 1 fully saturated rings. The largest absolute Gasteiger partial charge is 0.379 e. The Morgan fingerprint density at radius 1 is 1.15 bits per heavy atom. The molecule has 2 heterocycles. The van der Waals surface area contributed by atoms with Crippen molar-refractivity contribution in [2.75, 3.05) is 26.3 Å². The van der Waals surface area contributed by atoms with Crippen LogP contribution < -0.4 is 5.32 Å². The van der Waals surface area contributed by atoms with E-state index < -0.39 is 0 Å². The van der Waals surface area contributed by atoms with Gasteiger partial charge in [0.05, 0.1) is 12.6 Å². The molecule has 0 spiro atoms. The first-order valence-corrected chi connectivity index (χ1v) is 12.3. The summed E-state index contributed by atoms with van der Waals surface area (Å²) < 4.78 is 6.13. The van der Waals surface area contributed by atoms with Crippen LogP contribution in [0.1, 0.15) is 48.8 Å². The summed E-state index contributed by atoms with van der Waals surface area (Å²) in [6, 6.07) is 15.1. The van der Waals surface area contributed by atoms with Gasteiger partial charge in [0.25, 0.3) is 5.91 Å². The number of carbonyl (C=O) groups is 1. The lowest BCUT2D eigenvalue weighted by molar-refractivity contribution is 0.0472. The number of halogens is 2. The van der Waals surface area contributed by atoms with Crippen LogP contribution in [-0.4, -0.2) is 48.1 Å². The van der Waals surface area contributed by atoms with Crippen molar-refractivity contribution in [1.29, 1.82) is 0 Å². The van der Waals surface area contributed by atoms with Gasteiger partial charge in [-0.15, -0.1) is 0 Å². The van der Waals surface area contributed by atoms with Crippen molar-refractivity contribution in [3.05, 3.63) is 69.8 Å². The maximum absolute atomic E-state index is 13.1. The van der Waals surface area contributed by atoms with Crippen LogP contribution in [0.25, 0.3) is 10.9 Å². The van der Waals surface area contributed by atoms with E-state index in [2.05, 4.69) is 29.0 Å². The van der Waals surface area contributed by atoms with Crippen LogP contribution in [0.4, 0.5) is 0 Å². The highest BCUT2D eigenvalue weighted by Crippen LogP contribution is 2.26. The fraction of sp³-hybridized carbons (Fsp3) is 0.423. The van der Waals surface area contributed by atoms with E-state index in [0.29, 0.717) is 40.9 Å². The summed E-state index contributed by atoms with van der Waals surface area (Å²) in [4.78, 5) is 18.8. The molecule has 2 N–H and O–H groups in total. The first-order chi connectivity index (χ1) is 15.9. The Morgan fingerprint density at radius 2 is 1.91 bits per heavy atom. The first-order valence-electron chi connectivity index (χ1n) is 11.6. The number of nitrogens with one attached hydrogen (secondary N) is 2. The lowest BCUT2D eigenvalue weighted by Crippen LogP contribution is -2.39. The number of ether oxygens (including phenoxy) is 1. The zero-order valence-corrected chi connectivity index (χ0v) is 20.6. The number of benzene rings is 2. The molecule has 33 heavy (non-hydrogen) atoms. The zero-order chi connectivity index (χ0) is 23.4. The van der Waals surface area contributed by atoms with Crippen LogP contribution in [0.5, 0.6) is 0 Å². The summed E-state index contributed by atoms with van der Waals surface area (Å²) in [6.45, 7) is 7.77. The summed E-state index contributed by atoms with van der Waals surface area (Å²) >= 11 is 12.6. The van der Waals surface area contributed by atoms with E-state index >= 15 is 0 Å². The van der Waals surface area contributed by atoms with E-state index in [1.54, 1.807) is 6.07 Å². The van der Waals surface area contributed by atoms with E-state index in [1.165, 1.54) is 0 Å². The summed E-state index contributed by atoms with van der Waals surface area (Å²) in [6.07, 6.45) is 2.28. The van der Waals surface area contributed by atoms with Crippen LogP contribution in [0.15, 0.2) is 48.5 Å². The van der Waals surface area contributed by atoms with Crippen molar-refractivity contribution in [1.82, 2.24) is 15.2 Å². The Bertz CT molecular complexity index is 1090. The molecule has 1 aliphatic heterocycles. The van der Waals surface area contributed by atoms with Gasteiger partial charge >= 0.3 is 0 Å². The van der Waals surface area contributed by atoms with Crippen molar-refractivity contribution in [2.45, 2.75) is 38.8 Å². The Balaban J connectivity index is 1.41. The molecule has 3 aromatic rings. The molecular formula is C26H31Cl2N3O2. The number of carbonyl (C=O) groups excluding carboxylic acids is 1. The monoisotopic (exact) mass is 487 g/mol. The number of rotatable bonds is 8. The highest BCUT2D eigenvalue weighted by molar-refractivity contribution is 6.31. The predicted molar refractivity (Wildman–Crippen MR) is 135 cm³/mol. The summed E-state index contributed by atoms with van der Waals surface area (Å²) in [5.74, 6) is 0.335. The van der Waals surface area contributed by atoms with Crippen molar-refractivity contribution >= 4 is 40.0 Å². The highest BCUT2D eigenvalue weighted by atomic mass is 35.5. The molecule has 5 nitrogen and oxygen atoms in total. The molecule has 0 aliphatic carbocycles. The number of likely N-dealkylation sites (tertiary alicyclic amines) is 1. The second kappa shape index (κ2) is 10.9. The SMILES string of the molecule is CC(C)N1CCC(COCC(NC(=O)c2cc3cc(Cl)ccc3[nH]2)c2ccccc2Cl)CC1. The maximum atomic E-state index is 13.1. The smallest absolute Gasteiger partial charge is 0.268 e. The Hall–Kier alpha value is -2.05. The van der Waals surface area contributed by atoms with E-state index in [-0.39, 0.29) is 11.9 Å².